The topological polar surface area (TPSA) is 9.23 Å². The monoisotopic (exact) mass is 538 g/mol. The lowest BCUT2D eigenvalue weighted by Gasteiger charge is -2.15. The molecule has 120 valence electrons. The maximum atomic E-state index is 5.67. The molecule has 0 aliphatic rings. The van der Waals surface area contributed by atoms with Gasteiger partial charge in [0.05, 0.1) is 7.11 Å². The average molecular weight is 538 g/mol. The summed E-state index contributed by atoms with van der Waals surface area (Å²) in [5.41, 5.74) is 4.73. The molecule has 0 amide bonds. The molecular formula is C21H16I2O. The van der Waals surface area contributed by atoms with Crippen LogP contribution in [0.25, 0.3) is 18.3 Å². The summed E-state index contributed by atoms with van der Waals surface area (Å²) < 4.78 is 8.08. The number of benzene rings is 3. The van der Waals surface area contributed by atoms with E-state index in [4.69, 9.17) is 4.74 Å². The van der Waals surface area contributed by atoms with Crippen LogP contribution in [0.2, 0.25) is 0 Å². The molecule has 0 saturated carbocycles. The summed E-state index contributed by atoms with van der Waals surface area (Å²) >= 11 is 4.85. The molecule has 0 spiro atoms. The van der Waals surface area contributed by atoms with E-state index in [1.807, 2.05) is 24.3 Å². The molecule has 0 aliphatic carbocycles. The van der Waals surface area contributed by atoms with Gasteiger partial charge in [0.1, 0.15) is 5.75 Å². The molecular weight excluding hydrogens is 522 g/mol. The fourth-order valence-electron chi connectivity index (χ4n) is 2.61. The molecule has 0 saturated heterocycles. The van der Waals surface area contributed by atoms with Crippen LogP contribution >= 0.6 is 45.2 Å². The van der Waals surface area contributed by atoms with Gasteiger partial charge >= 0.3 is 0 Å². The zero-order valence-corrected chi connectivity index (χ0v) is 17.5. The SMILES string of the molecule is COc1cccc(-c2ccccc2)c1/C(I)=C(\I)c1ccccc1. The van der Waals surface area contributed by atoms with Crippen LogP contribution in [0.15, 0.2) is 78.9 Å². The Kier molecular flexibility index (Phi) is 5.94. The highest BCUT2D eigenvalue weighted by molar-refractivity contribution is 14.1. The highest BCUT2D eigenvalue weighted by Gasteiger charge is 2.16. The summed E-state index contributed by atoms with van der Waals surface area (Å²) in [4.78, 5) is 0. The Balaban J connectivity index is 2.23. The van der Waals surface area contributed by atoms with Crippen molar-refractivity contribution in [3.05, 3.63) is 90.0 Å². The van der Waals surface area contributed by atoms with E-state index in [1.165, 1.54) is 23.9 Å². The Labute approximate surface area is 170 Å². The van der Waals surface area contributed by atoms with E-state index in [1.54, 1.807) is 7.11 Å². The van der Waals surface area contributed by atoms with Gasteiger partial charge in [-0.15, -0.1) is 0 Å². The van der Waals surface area contributed by atoms with Crippen molar-refractivity contribution in [1.82, 2.24) is 0 Å². The zero-order chi connectivity index (χ0) is 16.9. The van der Waals surface area contributed by atoms with Gasteiger partial charge in [-0.05, 0) is 67.9 Å². The first-order valence-electron chi connectivity index (χ1n) is 7.56. The van der Waals surface area contributed by atoms with Crippen LogP contribution in [0, 0.1) is 0 Å². The minimum Gasteiger partial charge on any atom is -0.496 e. The fourth-order valence-corrected chi connectivity index (χ4v) is 4.10. The maximum Gasteiger partial charge on any atom is 0.127 e. The molecule has 3 aromatic rings. The fraction of sp³-hybridized carbons (Fsp3) is 0.0476. The number of ether oxygens (including phenoxy) is 1. The summed E-state index contributed by atoms with van der Waals surface area (Å²) in [6.07, 6.45) is 0. The molecule has 3 heteroatoms. The molecule has 0 atom stereocenters. The second kappa shape index (κ2) is 8.16. The summed E-state index contributed by atoms with van der Waals surface area (Å²) in [6, 6.07) is 27.1. The summed E-state index contributed by atoms with van der Waals surface area (Å²) in [7, 11) is 1.73. The van der Waals surface area contributed by atoms with Crippen molar-refractivity contribution in [2.75, 3.05) is 7.11 Å². The van der Waals surface area contributed by atoms with E-state index >= 15 is 0 Å². The van der Waals surface area contributed by atoms with Crippen molar-refractivity contribution in [1.29, 1.82) is 0 Å². The van der Waals surface area contributed by atoms with Crippen molar-refractivity contribution in [2.45, 2.75) is 0 Å². The Bertz CT molecular complexity index is 856. The molecule has 0 N–H and O–H groups in total. The first-order valence-corrected chi connectivity index (χ1v) is 9.71. The van der Waals surface area contributed by atoms with Gasteiger partial charge in [0.2, 0.25) is 0 Å². The van der Waals surface area contributed by atoms with Gasteiger partial charge in [0, 0.05) is 12.7 Å². The largest absolute Gasteiger partial charge is 0.496 e. The lowest BCUT2D eigenvalue weighted by molar-refractivity contribution is 0.414. The summed E-state index contributed by atoms with van der Waals surface area (Å²) in [6.45, 7) is 0. The minimum atomic E-state index is 0.894. The lowest BCUT2D eigenvalue weighted by atomic mass is 9.98. The van der Waals surface area contributed by atoms with Gasteiger partial charge in [-0.25, -0.2) is 0 Å². The molecule has 1 nitrogen and oxygen atoms in total. The number of hydrogen-bond donors (Lipinski definition) is 0. The Morgan fingerprint density at radius 2 is 1.33 bits per heavy atom. The highest BCUT2D eigenvalue weighted by atomic mass is 127. The van der Waals surface area contributed by atoms with Crippen LogP contribution in [0.5, 0.6) is 5.75 Å². The molecule has 0 heterocycles. The molecule has 0 bridgehead atoms. The first-order chi connectivity index (χ1) is 11.7. The van der Waals surface area contributed by atoms with E-state index in [0.29, 0.717) is 0 Å². The van der Waals surface area contributed by atoms with Crippen LogP contribution in [0.4, 0.5) is 0 Å². The third-order valence-electron chi connectivity index (χ3n) is 3.77. The number of rotatable bonds is 4. The van der Waals surface area contributed by atoms with Crippen molar-refractivity contribution < 1.29 is 4.74 Å². The van der Waals surface area contributed by atoms with Gasteiger partial charge in [0.25, 0.3) is 0 Å². The van der Waals surface area contributed by atoms with Gasteiger partial charge in [0.15, 0.2) is 0 Å². The average Bonchev–Trinajstić information content (AvgIpc) is 2.67. The Hall–Kier alpha value is -1.34. The third kappa shape index (κ3) is 3.67. The van der Waals surface area contributed by atoms with Crippen molar-refractivity contribution in [3.8, 4) is 16.9 Å². The van der Waals surface area contributed by atoms with E-state index in [2.05, 4.69) is 99.8 Å². The molecule has 3 aromatic carbocycles. The van der Waals surface area contributed by atoms with E-state index < -0.39 is 0 Å². The van der Waals surface area contributed by atoms with Crippen LogP contribution in [-0.2, 0) is 0 Å². The van der Waals surface area contributed by atoms with Crippen LogP contribution < -0.4 is 4.74 Å². The smallest absolute Gasteiger partial charge is 0.127 e. The van der Waals surface area contributed by atoms with Gasteiger partial charge in [-0.1, -0.05) is 72.8 Å². The standard InChI is InChI=1S/C21H16I2O/c1-24-18-14-8-13-17(15-9-4-2-5-10-15)19(18)21(23)20(22)16-11-6-3-7-12-16/h2-14H,1H3/b21-20+. The van der Waals surface area contributed by atoms with Crippen LogP contribution in [-0.4, -0.2) is 7.11 Å². The van der Waals surface area contributed by atoms with Crippen molar-refractivity contribution in [2.24, 2.45) is 0 Å². The third-order valence-corrected chi connectivity index (χ3v) is 7.04. The zero-order valence-electron chi connectivity index (χ0n) is 13.2. The molecule has 0 unspecified atom stereocenters. The molecule has 0 aliphatic heterocycles. The Morgan fingerprint density at radius 3 is 1.96 bits per heavy atom. The predicted octanol–water partition coefficient (Wildman–Crippen LogP) is 7.06. The first kappa shape index (κ1) is 17.5. The molecule has 0 radical (unpaired) electrons. The van der Waals surface area contributed by atoms with Crippen molar-refractivity contribution >= 4 is 52.3 Å². The van der Waals surface area contributed by atoms with Crippen LogP contribution in [0.3, 0.4) is 0 Å². The number of hydrogen-bond acceptors (Lipinski definition) is 1. The second-order valence-electron chi connectivity index (χ2n) is 5.24. The van der Waals surface area contributed by atoms with Crippen LogP contribution in [0.1, 0.15) is 11.1 Å². The number of halogens is 2. The van der Waals surface area contributed by atoms with E-state index in [0.717, 1.165) is 11.3 Å². The molecule has 0 aromatic heterocycles. The summed E-state index contributed by atoms with van der Waals surface area (Å²) in [5.74, 6) is 0.894. The Morgan fingerprint density at radius 1 is 0.708 bits per heavy atom. The molecule has 0 fully saturated rings. The maximum absolute atomic E-state index is 5.67. The minimum absolute atomic E-state index is 0.894. The van der Waals surface area contributed by atoms with E-state index in [9.17, 15) is 0 Å². The highest BCUT2D eigenvalue weighted by Crippen LogP contribution is 2.44. The van der Waals surface area contributed by atoms with Gasteiger partial charge in [-0.3, -0.25) is 0 Å². The predicted molar refractivity (Wildman–Crippen MR) is 120 cm³/mol. The second-order valence-corrected chi connectivity index (χ2v) is 7.40. The summed E-state index contributed by atoms with van der Waals surface area (Å²) in [5, 5.41) is 0. The van der Waals surface area contributed by atoms with Gasteiger partial charge in [-0.2, -0.15) is 0 Å². The quantitative estimate of drug-likeness (QED) is 0.256. The lowest BCUT2D eigenvalue weighted by Crippen LogP contribution is -1.93. The van der Waals surface area contributed by atoms with E-state index in [-0.39, 0.29) is 0 Å². The van der Waals surface area contributed by atoms with Gasteiger partial charge < -0.3 is 4.74 Å². The normalized spacial score (nSPS) is 11.8. The molecule has 3 rings (SSSR count). The molecule has 24 heavy (non-hydrogen) atoms. The van der Waals surface area contributed by atoms with Crippen molar-refractivity contribution in [3.63, 3.8) is 0 Å². The number of methoxy groups -OCH3 is 1.